The number of carbonyl (C=O) groups excluding carboxylic acids is 1. The second kappa shape index (κ2) is 14.7. The first-order chi connectivity index (χ1) is 15.1. The van der Waals surface area contributed by atoms with Crippen molar-refractivity contribution < 1.29 is 14.3 Å². The smallest absolute Gasteiger partial charge is 0.221 e. The van der Waals surface area contributed by atoms with Crippen LogP contribution in [-0.4, -0.2) is 69.4 Å². The van der Waals surface area contributed by atoms with Crippen molar-refractivity contribution in [3.05, 3.63) is 35.4 Å². The maximum atomic E-state index is 11.5. The molecule has 8 nitrogen and oxygen atoms in total. The molecule has 1 aromatic rings. The number of nitrogens with two attached hydrogens (primary N) is 1. The fourth-order valence-electron chi connectivity index (χ4n) is 4.11. The summed E-state index contributed by atoms with van der Waals surface area (Å²) in [4.78, 5) is 18.1. The Morgan fingerprint density at radius 1 is 1.31 bits per heavy atom. The molecule has 2 aliphatic rings. The number of carbonyl (C=O) groups is 1. The zero-order chi connectivity index (χ0) is 21.9. The van der Waals surface area contributed by atoms with Crippen LogP contribution in [0.1, 0.15) is 36.8 Å². The molecular weight excluding hydrogens is 521 g/mol. The highest BCUT2D eigenvalue weighted by atomic mass is 127. The average molecular weight is 559 g/mol. The number of likely N-dealkylation sites (tertiary alicyclic amines) is 1. The molecule has 2 fully saturated rings. The Bertz CT molecular complexity index is 727. The monoisotopic (exact) mass is 559 g/mol. The van der Waals surface area contributed by atoms with E-state index in [0.29, 0.717) is 6.54 Å². The summed E-state index contributed by atoms with van der Waals surface area (Å²) in [5.41, 5.74) is 7.96. The summed E-state index contributed by atoms with van der Waals surface area (Å²) >= 11 is 0. The van der Waals surface area contributed by atoms with Crippen LogP contribution in [0.4, 0.5) is 0 Å². The molecule has 2 heterocycles. The first kappa shape index (κ1) is 26.8. The molecule has 0 aromatic heterocycles. The molecule has 32 heavy (non-hydrogen) atoms. The van der Waals surface area contributed by atoms with Crippen molar-refractivity contribution in [1.82, 2.24) is 15.5 Å². The van der Waals surface area contributed by atoms with E-state index in [9.17, 15) is 4.79 Å². The number of benzene rings is 1. The molecule has 0 radical (unpaired) electrons. The lowest BCUT2D eigenvalue weighted by molar-refractivity contribution is -0.123. The number of ether oxygens (including phenoxy) is 2. The topological polar surface area (TPSA) is 101 Å². The Morgan fingerprint density at radius 2 is 2.16 bits per heavy atom. The van der Waals surface area contributed by atoms with Gasteiger partial charge in [-0.1, -0.05) is 24.3 Å². The van der Waals surface area contributed by atoms with Gasteiger partial charge in [-0.3, -0.25) is 14.7 Å². The third-order valence-corrected chi connectivity index (χ3v) is 5.84. The van der Waals surface area contributed by atoms with Crippen molar-refractivity contribution in [2.75, 3.05) is 46.5 Å². The van der Waals surface area contributed by atoms with Crippen molar-refractivity contribution in [3.63, 3.8) is 0 Å². The lowest BCUT2D eigenvalue weighted by Gasteiger charge is -2.31. The molecule has 2 aliphatic heterocycles. The Morgan fingerprint density at radius 3 is 2.91 bits per heavy atom. The number of aliphatic imine (C=N–C) groups is 1. The van der Waals surface area contributed by atoms with Crippen LogP contribution in [0.2, 0.25) is 0 Å². The minimum absolute atomic E-state index is 0. The third kappa shape index (κ3) is 9.21. The third-order valence-electron chi connectivity index (χ3n) is 5.84. The second-order valence-corrected chi connectivity index (χ2v) is 8.36. The highest BCUT2D eigenvalue weighted by Crippen LogP contribution is 2.18. The van der Waals surface area contributed by atoms with Gasteiger partial charge in [0, 0.05) is 46.4 Å². The van der Waals surface area contributed by atoms with E-state index in [1.54, 1.807) is 7.05 Å². The Hall–Kier alpha value is -1.43. The molecule has 1 aromatic carbocycles. The number of rotatable bonds is 10. The van der Waals surface area contributed by atoms with Gasteiger partial charge in [0.05, 0.1) is 18.6 Å². The van der Waals surface area contributed by atoms with Crippen molar-refractivity contribution in [2.45, 2.75) is 44.9 Å². The molecule has 9 heteroatoms. The maximum Gasteiger partial charge on any atom is 0.221 e. The molecule has 0 saturated carbocycles. The number of hydrogen-bond acceptors (Lipinski definition) is 5. The van der Waals surface area contributed by atoms with Gasteiger partial charge in [0.1, 0.15) is 0 Å². The highest BCUT2D eigenvalue weighted by molar-refractivity contribution is 14.0. The summed E-state index contributed by atoms with van der Waals surface area (Å²) in [5, 5.41) is 6.71. The Labute approximate surface area is 208 Å². The SMILES string of the molecule is CN=C(NCCCOC1CCOC1)NCc1cccc(CN2CCCC(C(N)=O)C2)c1.I. The van der Waals surface area contributed by atoms with Gasteiger partial charge < -0.3 is 25.8 Å². The van der Waals surface area contributed by atoms with E-state index in [4.69, 9.17) is 15.2 Å². The van der Waals surface area contributed by atoms with Crippen LogP contribution in [0.5, 0.6) is 0 Å². The van der Waals surface area contributed by atoms with E-state index in [2.05, 4.69) is 44.8 Å². The van der Waals surface area contributed by atoms with Gasteiger partial charge in [0.25, 0.3) is 0 Å². The summed E-state index contributed by atoms with van der Waals surface area (Å²) in [6, 6.07) is 8.55. The number of amides is 1. The number of halogens is 1. The Kier molecular flexibility index (Phi) is 12.3. The molecule has 4 N–H and O–H groups in total. The lowest BCUT2D eigenvalue weighted by Crippen LogP contribution is -2.40. The minimum atomic E-state index is -0.180. The van der Waals surface area contributed by atoms with Crippen LogP contribution in [0, 0.1) is 5.92 Å². The maximum absolute atomic E-state index is 11.5. The summed E-state index contributed by atoms with van der Waals surface area (Å²) < 4.78 is 11.1. The molecule has 180 valence electrons. The first-order valence-electron chi connectivity index (χ1n) is 11.4. The molecule has 1 amide bonds. The average Bonchev–Trinajstić information content (AvgIpc) is 3.29. The lowest BCUT2D eigenvalue weighted by atomic mass is 9.97. The molecule has 0 aliphatic carbocycles. The van der Waals surface area contributed by atoms with Crippen LogP contribution in [-0.2, 0) is 27.4 Å². The van der Waals surface area contributed by atoms with E-state index in [0.717, 1.165) is 77.6 Å². The zero-order valence-electron chi connectivity index (χ0n) is 19.1. The molecule has 2 saturated heterocycles. The number of primary amides is 1. The second-order valence-electron chi connectivity index (χ2n) is 8.36. The number of nitrogens with zero attached hydrogens (tertiary/aromatic N) is 2. The minimum Gasteiger partial charge on any atom is -0.379 e. The summed E-state index contributed by atoms with van der Waals surface area (Å²) in [7, 11) is 1.78. The Balaban J connectivity index is 0.00000363. The number of guanidine groups is 1. The predicted octanol–water partition coefficient (Wildman–Crippen LogP) is 1.86. The van der Waals surface area contributed by atoms with Gasteiger partial charge in [0.15, 0.2) is 5.96 Å². The van der Waals surface area contributed by atoms with Crippen molar-refractivity contribution in [3.8, 4) is 0 Å². The van der Waals surface area contributed by atoms with Crippen LogP contribution < -0.4 is 16.4 Å². The molecule has 2 unspecified atom stereocenters. The van der Waals surface area contributed by atoms with Gasteiger partial charge in [-0.05, 0) is 43.4 Å². The summed E-state index contributed by atoms with van der Waals surface area (Å²) in [6.45, 7) is 6.39. The van der Waals surface area contributed by atoms with Gasteiger partial charge in [-0.15, -0.1) is 24.0 Å². The summed E-state index contributed by atoms with van der Waals surface area (Å²) in [6.07, 6.45) is 4.12. The zero-order valence-corrected chi connectivity index (χ0v) is 21.4. The van der Waals surface area contributed by atoms with Crippen LogP contribution in [0.3, 0.4) is 0 Å². The fourth-order valence-corrected chi connectivity index (χ4v) is 4.11. The first-order valence-corrected chi connectivity index (χ1v) is 11.4. The number of hydrogen-bond donors (Lipinski definition) is 3. The van der Waals surface area contributed by atoms with E-state index >= 15 is 0 Å². The van der Waals surface area contributed by atoms with Crippen molar-refractivity contribution in [2.24, 2.45) is 16.6 Å². The van der Waals surface area contributed by atoms with E-state index < -0.39 is 0 Å². The normalized spacial score (nSPS) is 21.7. The van der Waals surface area contributed by atoms with Crippen molar-refractivity contribution >= 4 is 35.8 Å². The summed E-state index contributed by atoms with van der Waals surface area (Å²) in [5.74, 6) is 0.584. The van der Waals surface area contributed by atoms with Gasteiger partial charge in [0.2, 0.25) is 5.91 Å². The van der Waals surface area contributed by atoms with E-state index in [-0.39, 0.29) is 41.9 Å². The molecule has 0 spiro atoms. The van der Waals surface area contributed by atoms with Gasteiger partial charge in [-0.2, -0.15) is 0 Å². The molecule has 3 rings (SSSR count). The van der Waals surface area contributed by atoms with Crippen molar-refractivity contribution in [1.29, 1.82) is 0 Å². The van der Waals surface area contributed by atoms with E-state index in [1.807, 2.05) is 0 Å². The number of piperidine rings is 1. The molecule has 2 atom stereocenters. The standard InChI is InChI=1S/C23H37N5O3.HI/c1-25-23(26-9-4-11-31-21-8-12-30-17-21)27-14-18-5-2-6-19(13-18)15-28-10-3-7-20(16-28)22(24)29;/h2,5-6,13,20-21H,3-4,7-12,14-17H2,1H3,(H2,24,29)(H2,25,26,27);1H. The quantitative estimate of drug-likeness (QED) is 0.175. The van der Waals surface area contributed by atoms with Crippen LogP contribution in [0.15, 0.2) is 29.3 Å². The fraction of sp³-hybridized carbons (Fsp3) is 0.652. The number of nitrogens with one attached hydrogen (secondary N) is 2. The van der Waals surface area contributed by atoms with Crippen LogP contribution >= 0.6 is 24.0 Å². The molecular formula is C23H38IN5O3. The van der Waals surface area contributed by atoms with Crippen LogP contribution in [0.25, 0.3) is 0 Å². The molecule has 0 bridgehead atoms. The predicted molar refractivity (Wildman–Crippen MR) is 137 cm³/mol. The highest BCUT2D eigenvalue weighted by Gasteiger charge is 2.23. The largest absolute Gasteiger partial charge is 0.379 e. The van der Waals surface area contributed by atoms with E-state index in [1.165, 1.54) is 11.1 Å². The van der Waals surface area contributed by atoms with Gasteiger partial charge in [-0.25, -0.2) is 0 Å². The van der Waals surface area contributed by atoms with Gasteiger partial charge >= 0.3 is 0 Å².